The minimum absolute atomic E-state index is 0.644. The summed E-state index contributed by atoms with van der Waals surface area (Å²) >= 11 is 0. The summed E-state index contributed by atoms with van der Waals surface area (Å²) in [6, 6.07) is 12.1. The molecule has 0 fully saturated rings. The smallest absolute Gasteiger partial charge is 0.219 e. The lowest BCUT2D eigenvalue weighted by Crippen LogP contribution is -2.13. The highest BCUT2D eigenvalue weighted by molar-refractivity contribution is 5.31. The average molecular weight is 270 g/mol. The van der Waals surface area contributed by atoms with Gasteiger partial charge in [0.2, 0.25) is 5.88 Å². The maximum Gasteiger partial charge on any atom is 0.219 e. The predicted octanol–water partition coefficient (Wildman–Crippen LogP) is 3.94. The maximum absolute atomic E-state index is 5.79. The standard InChI is InChI=1S/C17H22N2O/c1-3-10-18-13-15-9-11-19-17(12-15)20-16-7-5-14(4-2)6-8-16/h5-9,11-12,18H,3-4,10,13H2,1-2H3. The number of benzene rings is 1. The molecule has 0 saturated heterocycles. The molecule has 1 aromatic carbocycles. The van der Waals surface area contributed by atoms with Crippen molar-refractivity contribution in [1.29, 1.82) is 0 Å². The molecule has 0 radical (unpaired) electrons. The van der Waals surface area contributed by atoms with Gasteiger partial charge in [0.1, 0.15) is 5.75 Å². The van der Waals surface area contributed by atoms with Gasteiger partial charge >= 0.3 is 0 Å². The van der Waals surface area contributed by atoms with E-state index in [-0.39, 0.29) is 0 Å². The molecule has 0 aliphatic carbocycles. The van der Waals surface area contributed by atoms with Gasteiger partial charge in [0.15, 0.2) is 0 Å². The number of aryl methyl sites for hydroxylation is 1. The van der Waals surface area contributed by atoms with E-state index in [1.165, 1.54) is 11.1 Å². The summed E-state index contributed by atoms with van der Waals surface area (Å²) in [5.74, 6) is 1.47. The van der Waals surface area contributed by atoms with E-state index in [1.54, 1.807) is 6.20 Å². The molecule has 1 aromatic heterocycles. The molecule has 0 aliphatic heterocycles. The number of nitrogens with zero attached hydrogens (tertiary/aromatic N) is 1. The number of nitrogens with one attached hydrogen (secondary N) is 1. The van der Waals surface area contributed by atoms with Crippen LogP contribution in [-0.4, -0.2) is 11.5 Å². The van der Waals surface area contributed by atoms with Crippen LogP contribution >= 0.6 is 0 Å². The summed E-state index contributed by atoms with van der Waals surface area (Å²) in [4.78, 5) is 4.26. The van der Waals surface area contributed by atoms with Gasteiger partial charge in [0, 0.05) is 18.8 Å². The molecular formula is C17H22N2O. The third-order valence-electron chi connectivity index (χ3n) is 3.11. The van der Waals surface area contributed by atoms with Crippen LogP contribution in [0, 0.1) is 0 Å². The Bertz CT molecular complexity index is 523. The molecule has 106 valence electrons. The molecule has 0 spiro atoms. The van der Waals surface area contributed by atoms with E-state index in [0.717, 1.165) is 31.7 Å². The Morgan fingerprint density at radius 2 is 1.85 bits per heavy atom. The van der Waals surface area contributed by atoms with Gasteiger partial charge in [-0.25, -0.2) is 4.98 Å². The van der Waals surface area contributed by atoms with Crippen LogP contribution in [0.3, 0.4) is 0 Å². The van der Waals surface area contributed by atoms with Gasteiger partial charge in [-0.2, -0.15) is 0 Å². The first-order valence-corrected chi connectivity index (χ1v) is 7.24. The van der Waals surface area contributed by atoms with E-state index in [1.807, 2.05) is 24.3 Å². The zero-order valence-electron chi connectivity index (χ0n) is 12.2. The molecule has 0 amide bonds. The molecule has 1 N–H and O–H groups in total. The van der Waals surface area contributed by atoms with Crippen LogP contribution in [0.4, 0.5) is 0 Å². The highest BCUT2D eigenvalue weighted by Gasteiger charge is 2.01. The Hall–Kier alpha value is -1.87. The van der Waals surface area contributed by atoms with E-state index in [2.05, 4.69) is 36.3 Å². The fourth-order valence-corrected chi connectivity index (χ4v) is 1.94. The predicted molar refractivity (Wildman–Crippen MR) is 82.1 cm³/mol. The number of hydrogen-bond acceptors (Lipinski definition) is 3. The normalized spacial score (nSPS) is 10.5. The molecular weight excluding hydrogens is 248 g/mol. The summed E-state index contributed by atoms with van der Waals surface area (Å²) in [5.41, 5.74) is 2.50. The average Bonchev–Trinajstić information content (AvgIpc) is 2.49. The summed E-state index contributed by atoms with van der Waals surface area (Å²) in [6.07, 6.45) is 3.97. The molecule has 3 nitrogen and oxygen atoms in total. The van der Waals surface area contributed by atoms with Gasteiger partial charge in [-0.1, -0.05) is 26.0 Å². The molecule has 0 aliphatic rings. The summed E-state index contributed by atoms with van der Waals surface area (Å²) in [7, 11) is 0. The first kappa shape index (κ1) is 14.5. The number of aromatic nitrogens is 1. The zero-order valence-corrected chi connectivity index (χ0v) is 12.2. The molecule has 3 heteroatoms. The summed E-state index contributed by atoms with van der Waals surface area (Å²) in [5, 5.41) is 3.37. The van der Waals surface area contributed by atoms with Crippen LogP contribution in [0.25, 0.3) is 0 Å². The van der Waals surface area contributed by atoms with Gasteiger partial charge in [-0.3, -0.25) is 0 Å². The number of ether oxygens (including phenoxy) is 1. The number of rotatable bonds is 7. The second-order valence-electron chi connectivity index (χ2n) is 4.78. The van der Waals surface area contributed by atoms with Gasteiger partial charge < -0.3 is 10.1 Å². The van der Waals surface area contributed by atoms with E-state index >= 15 is 0 Å². The van der Waals surface area contributed by atoms with Crippen LogP contribution < -0.4 is 10.1 Å². The number of hydrogen-bond donors (Lipinski definition) is 1. The summed E-state index contributed by atoms with van der Waals surface area (Å²) in [6.45, 7) is 6.18. The minimum Gasteiger partial charge on any atom is -0.439 e. The van der Waals surface area contributed by atoms with Gasteiger partial charge in [-0.05, 0) is 48.7 Å². The summed E-state index contributed by atoms with van der Waals surface area (Å²) < 4.78 is 5.79. The van der Waals surface area contributed by atoms with E-state index < -0.39 is 0 Å². The van der Waals surface area contributed by atoms with E-state index in [4.69, 9.17) is 4.74 Å². The Balaban J connectivity index is 1.99. The van der Waals surface area contributed by atoms with Crippen molar-refractivity contribution in [2.24, 2.45) is 0 Å². The van der Waals surface area contributed by atoms with Crippen molar-refractivity contribution in [2.45, 2.75) is 33.2 Å². The quantitative estimate of drug-likeness (QED) is 0.774. The van der Waals surface area contributed by atoms with Crippen molar-refractivity contribution in [3.8, 4) is 11.6 Å². The third-order valence-corrected chi connectivity index (χ3v) is 3.11. The van der Waals surface area contributed by atoms with Crippen LogP contribution in [0.5, 0.6) is 11.6 Å². The van der Waals surface area contributed by atoms with Crippen LogP contribution in [0.1, 0.15) is 31.4 Å². The van der Waals surface area contributed by atoms with Crippen molar-refractivity contribution in [3.05, 3.63) is 53.7 Å². The molecule has 2 aromatic rings. The minimum atomic E-state index is 0.644. The van der Waals surface area contributed by atoms with Crippen LogP contribution in [0.15, 0.2) is 42.6 Å². The van der Waals surface area contributed by atoms with Gasteiger partial charge in [-0.15, -0.1) is 0 Å². The lowest BCUT2D eigenvalue weighted by Gasteiger charge is -2.08. The lowest BCUT2D eigenvalue weighted by molar-refractivity contribution is 0.461. The molecule has 0 bridgehead atoms. The Morgan fingerprint density at radius 3 is 2.55 bits per heavy atom. The second-order valence-corrected chi connectivity index (χ2v) is 4.78. The molecule has 0 unspecified atom stereocenters. The molecule has 20 heavy (non-hydrogen) atoms. The molecule has 2 rings (SSSR count). The lowest BCUT2D eigenvalue weighted by atomic mass is 10.2. The van der Waals surface area contributed by atoms with Crippen molar-refractivity contribution in [1.82, 2.24) is 10.3 Å². The van der Waals surface area contributed by atoms with E-state index in [9.17, 15) is 0 Å². The Labute approximate surface area is 121 Å². The van der Waals surface area contributed by atoms with Crippen molar-refractivity contribution >= 4 is 0 Å². The second kappa shape index (κ2) is 7.65. The van der Waals surface area contributed by atoms with Gasteiger partial charge in [0.25, 0.3) is 0 Å². The van der Waals surface area contributed by atoms with Crippen LogP contribution in [0.2, 0.25) is 0 Å². The fraction of sp³-hybridized carbons (Fsp3) is 0.353. The van der Waals surface area contributed by atoms with E-state index in [0.29, 0.717) is 5.88 Å². The number of pyridine rings is 1. The molecule has 0 saturated carbocycles. The Kier molecular flexibility index (Phi) is 5.56. The van der Waals surface area contributed by atoms with Crippen LogP contribution in [-0.2, 0) is 13.0 Å². The highest BCUT2D eigenvalue weighted by Crippen LogP contribution is 2.20. The van der Waals surface area contributed by atoms with Crippen molar-refractivity contribution in [3.63, 3.8) is 0 Å². The largest absolute Gasteiger partial charge is 0.439 e. The van der Waals surface area contributed by atoms with Gasteiger partial charge in [0.05, 0.1) is 0 Å². The first-order valence-electron chi connectivity index (χ1n) is 7.24. The van der Waals surface area contributed by atoms with Crippen molar-refractivity contribution < 1.29 is 4.74 Å². The third kappa shape index (κ3) is 4.35. The SMILES string of the molecule is CCCNCc1ccnc(Oc2ccc(CC)cc2)c1. The monoisotopic (exact) mass is 270 g/mol. The Morgan fingerprint density at radius 1 is 1.05 bits per heavy atom. The highest BCUT2D eigenvalue weighted by atomic mass is 16.5. The molecule has 0 atom stereocenters. The maximum atomic E-state index is 5.79. The first-order chi connectivity index (χ1) is 9.81. The fourth-order valence-electron chi connectivity index (χ4n) is 1.94. The van der Waals surface area contributed by atoms with Crippen molar-refractivity contribution in [2.75, 3.05) is 6.54 Å². The molecule has 1 heterocycles. The topological polar surface area (TPSA) is 34.2 Å². The zero-order chi connectivity index (χ0) is 14.2.